The van der Waals surface area contributed by atoms with Gasteiger partial charge in [-0.2, -0.15) is 5.26 Å². The number of rotatable bonds is 8. The van der Waals surface area contributed by atoms with Crippen LogP contribution in [0.15, 0.2) is 91.0 Å². The van der Waals surface area contributed by atoms with Crippen LogP contribution in [0.4, 0.5) is 0 Å². The zero-order valence-corrected chi connectivity index (χ0v) is 20.6. The van der Waals surface area contributed by atoms with E-state index in [2.05, 4.69) is 0 Å². The first-order chi connectivity index (χ1) is 18.9. The molecule has 0 fully saturated rings. The Morgan fingerprint density at radius 2 is 1.33 bits per heavy atom. The maximum atomic E-state index is 13.1. The van der Waals surface area contributed by atoms with Crippen LogP contribution in [0.1, 0.15) is 42.2 Å². The molecule has 4 aromatic carbocycles. The summed E-state index contributed by atoms with van der Waals surface area (Å²) in [4.78, 5) is 38.3. The van der Waals surface area contributed by atoms with Crippen molar-refractivity contribution in [1.82, 2.24) is 0 Å². The highest BCUT2D eigenvalue weighted by Crippen LogP contribution is 2.28. The molecule has 0 aromatic heterocycles. The molecule has 0 aliphatic carbocycles. The smallest absolute Gasteiger partial charge is 0.343 e. The molecule has 0 atom stereocenters. The van der Waals surface area contributed by atoms with Crippen LogP contribution in [-0.2, 0) is 11.3 Å². The number of carbonyl (C=O) groups is 3. The van der Waals surface area contributed by atoms with Crippen LogP contribution in [0.3, 0.4) is 0 Å². The normalized spacial score (nSPS) is 10.2. The van der Waals surface area contributed by atoms with E-state index >= 15 is 0 Å². The number of ether oxygens (including phenoxy) is 4. The Labute approximate surface area is 223 Å². The predicted octanol–water partition coefficient (Wildman–Crippen LogP) is 5.07. The molecule has 0 unspecified atom stereocenters. The molecule has 0 saturated carbocycles. The molecule has 0 aliphatic heterocycles. The van der Waals surface area contributed by atoms with Gasteiger partial charge in [0, 0.05) is 0 Å². The van der Waals surface area contributed by atoms with Crippen LogP contribution in [0.5, 0.6) is 23.0 Å². The fourth-order valence-corrected chi connectivity index (χ4v) is 3.37. The third-order valence-electron chi connectivity index (χ3n) is 5.47. The van der Waals surface area contributed by atoms with E-state index in [0.717, 1.165) is 0 Å². The molecule has 9 heteroatoms. The van der Waals surface area contributed by atoms with Gasteiger partial charge >= 0.3 is 17.9 Å². The Hall–Kier alpha value is -5.62. The van der Waals surface area contributed by atoms with Gasteiger partial charge < -0.3 is 24.1 Å². The average Bonchev–Trinajstić information content (AvgIpc) is 2.97. The lowest BCUT2D eigenvalue weighted by Crippen LogP contribution is -2.14. The number of phenols is 1. The van der Waals surface area contributed by atoms with Gasteiger partial charge in [-0.1, -0.05) is 12.1 Å². The lowest BCUT2D eigenvalue weighted by molar-refractivity contribution is 0.0465. The number of phenolic OH excluding ortho intramolecular Hbond substituents is 1. The van der Waals surface area contributed by atoms with E-state index in [1.807, 2.05) is 6.07 Å². The van der Waals surface area contributed by atoms with Crippen LogP contribution in [0.25, 0.3) is 0 Å². The van der Waals surface area contributed by atoms with Crippen molar-refractivity contribution in [3.8, 4) is 29.1 Å². The number of carbonyl (C=O) groups excluding carboxylic acids is 3. The summed E-state index contributed by atoms with van der Waals surface area (Å²) in [6.45, 7) is -0.117. The Kier molecular flexibility index (Phi) is 8.19. The first kappa shape index (κ1) is 26.4. The van der Waals surface area contributed by atoms with E-state index < -0.39 is 17.9 Å². The van der Waals surface area contributed by atoms with Gasteiger partial charge in [-0.15, -0.1) is 0 Å². The second-order valence-corrected chi connectivity index (χ2v) is 8.10. The van der Waals surface area contributed by atoms with Crippen molar-refractivity contribution < 1.29 is 38.4 Å². The van der Waals surface area contributed by atoms with Crippen molar-refractivity contribution in [2.75, 3.05) is 7.11 Å². The Balaban J connectivity index is 1.57. The van der Waals surface area contributed by atoms with E-state index in [-0.39, 0.29) is 40.5 Å². The molecule has 4 rings (SSSR count). The SMILES string of the molecule is COc1ccc(C(=O)Oc2ccc(OC(=O)c3ccc(O)cc3)cc2C(=O)OCc2ccc(C#N)cc2)cc1. The minimum absolute atomic E-state index is 0.00245. The molecule has 1 N–H and O–H groups in total. The summed E-state index contributed by atoms with van der Waals surface area (Å²) in [6.07, 6.45) is 0. The molecule has 39 heavy (non-hydrogen) atoms. The molecule has 9 nitrogen and oxygen atoms in total. The minimum atomic E-state index is -0.834. The third-order valence-corrected chi connectivity index (χ3v) is 5.47. The summed E-state index contributed by atoms with van der Waals surface area (Å²) >= 11 is 0. The van der Waals surface area contributed by atoms with Crippen molar-refractivity contribution in [3.05, 3.63) is 119 Å². The highest BCUT2D eigenvalue weighted by Gasteiger charge is 2.21. The summed E-state index contributed by atoms with van der Waals surface area (Å²) < 4.78 is 21.4. The van der Waals surface area contributed by atoms with E-state index in [0.29, 0.717) is 16.9 Å². The molecule has 194 valence electrons. The van der Waals surface area contributed by atoms with Crippen molar-refractivity contribution >= 4 is 17.9 Å². The van der Waals surface area contributed by atoms with Crippen molar-refractivity contribution in [2.45, 2.75) is 6.61 Å². The molecule has 0 amide bonds. The zero-order valence-electron chi connectivity index (χ0n) is 20.6. The first-order valence-electron chi connectivity index (χ1n) is 11.5. The van der Waals surface area contributed by atoms with Gasteiger partial charge in [-0.05, 0) is 84.4 Å². The van der Waals surface area contributed by atoms with Gasteiger partial charge in [0.25, 0.3) is 0 Å². The fourth-order valence-electron chi connectivity index (χ4n) is 3.37. The van der Waals surface area contributed by atoms with Crippen LogP contribution in [0.2, 0.25) is 0 Å². The van der Waals surface area contributed by atoms with Crippen molar-refractivity contribution in [3.63, 3.8) is 0 Å². The second-order valence-electron chi connectivity index (χ2n) is 8.10. The Morgan fingerprint density at radius 3 is 1.95 bits per heavy atom. The monoisotopic (exact) mass is 523 g/mol. The minimum Gasteiger partial charge on any atom is -0.508 e. The standard InChI is InChI=1S/C30H21NO8/c1-36-24-12-8-22(9-13-24)29(34)39-27-15-14-25(38-28(33)21-6-10-23(32)11-7-21)16-26(27)30(35)37-18-20-4-2-19(17-31)3-5-20/h2-16,32H,18H2,1H3. The molecule has 0 saturated heterocycles. The molecular formula is C30H21NO8. The quantitative estimate of drug-likeness (QED) is 0.248. The van der Waals surface area contributed by atoms with Gasteiger partial charge in [0.2, 0.25) is 0 Å². The van der Waals surface area contributed by atoms with Crippen LogP contribution in [0, 0.1) is 11.3 Å². The number of hydrogen-bond acceptors (Lipinski definition) is 9. The van der Waals surface area contributed by atoms with Crippen LogP contribution < -0.4 is 14.2 Å². The van der Waals surface area contributed by atoms with Crippen molar-refractivity contribution in [2.24, 2.45) is 0 Å². The molecule has 0 bridgehead atoms. The zero-order chi connectivity index (χ0) is 27.8. The molecule has 0 radical (unpaired) electrons. The Bertz CT molecular complexity index is 1540. The van der Waals surface area contributed by atoms with E-state index in [4.69, 9.17) is 24.2 Å². The van der Waals surface area contributed by atoms with E-state index in [1.54, 1.807) is 36.4 Å². The van der Waals surface area contributed by atoms with Gasteiger partial charge in [0.05, 0.1) is 29.9 Å². The van der Waals surface area contributed by atoms with Gasteiger partial charge in [-0.25, -0.2) is 14.4 Å². The number of nitriles is 1. The summed E-state index contributed by atoms with van der Waals surface area (Å²) in [5, 5.41) is 18.4. The lowest BCUT2D eigenvalue weighted by Gasteiger charge is -2.13. The Morgan fingerprint density at radius 1 is 0.744 bits per heavy atom. The second kappa shape index (κ2) is 12.1. The van der Waals surface area contributed by atoms with E-state index in [1.165, 1.54) is 61.7 Å². The third kappa shape index (κ3) is 6.78. The van der Waals surface area contributed by atoms with Crippen LogP contribution >= 0.6 is 0 Å². The number of methoxy groups -OCH3 is 1. The fraction of sp³-hybridized carbons (Fsp3) is 0.0667. The molecule has 4 aromatic rings. The topological polar surface area (TPSA) is 132 Å². The molecule has 0 aliphatic rings. The van der Waals surface area contributed by atoms with Crippen LogP contribution in [-0.4, -0.2) is 30.1 Å². The van der Waals surface area contributed by atoms with Gasteiger partial charge in [0.1, 0.15) is 35.2 Å². The highest BCUT2D eigenvalue weighted by molar-refractivity contribution is 5.97. The van der Waals surface area contributed by atoms with Crippen molar-refractivity contribution in [1.29, 1.82) is 5.26 Å². The molecule has 0 heterocycles. The maximum absolute atomic E-state index is 13.1. The maximum Gasteiger partial charge on any atom is 0.343 e. The number of benzene rings is 4. The number of esters is 3. The number of hydrogen-bond donors (Lipinski definition) is 1. The van der Waals surface area contributed by atoms with Gasteiger partial charge in [0.15, 0.2) is 0 Å². The summed E-state index contributed by atoms with van der Waals surface area (Å²) in [5.74, 6) is -1.85. The van der Waals surface area contributed by atoms with Gasteiger partial charge in [-0.3, -0.25) is 0 Å². The first-order valence-corrected chi connectivity index (χ1v) is 11.5. The summed E-state index contributed by atoms with van der Waals surface area (Å²) in [7, 11) is 1.50. The lowest BCUT2D eigenvalue weighted by atomic mass is 10.1. The average molecular weight is 523 g/mol. The highest BCUT2D eigenvalue weighted by atomic mass is 16.6. The number of aromatic hydroxyl groups is 1. The summed E-state index contributed by atoms with van der Waals surface area (Å²) in [6, 6.07) is 24.1. The number of nitrogens with zero attached hydrogens (tertiary/aromatic N) is 1. The predicted molar refractivity (Wildman–Crippen MR) is 138 cm³/mol. The molecule has 0 spiro atoms. The summed E-state index contributed by atoms with van der Waals surface area (Å²) in [5.41, 5.74) is 1.33. The van der Waals surface area contributed by atoms with E-state index in [9.17, 15) is 19.5 Å². The molecular weight excluding hydrogens is 502 g/mol. The largest absolute Gasteiger partial charge is 0.508 e.